The number of alkyl halides is 6. The molecule has 272 valence electrons. The predicted molar refractivity (Wildman–Crippen MR) is 189 cm³/mol. The summed E-state index contributed by atoms with van der Waals surface area (Å²) in [5.74, 6) is -1.70. The first-order chi connectivity index (χ1) is 25.1. The molecule has 0 bridgehead atoms. The van der Waals surface area contributed by atoms with Gasteiger partial charge >= 0.3 is 12.4 Å². The molecule has 0 saturated carbocycles. The minimum Gasteiger partial charge on any atom is -0.457 e. The van der Waals surface area contributed by atoms with E-state index >= 15 is 26.3 Å². The second-order valence-electron chi connectivity index (χ2n) is 11.7. The summed E-state index contributed by atoms with van der Waals surface area (Å²) >= 11 is 0. The Kier molecular flexibility index (Phi) is 9.63. The lowest BCUT2D eigenvalue weighted by molar-refractivity contribution is -0.289. The Labute approximate surface area is 299 Å². The lowest BCUT2D eigenvalue weighted by Gasteiger charge is -2.39. The van der Waals surface area contributed by atoms with Crippen molar-refractivity contribution >= 4 is 22.7 Å². The average molecular weight is 733 g/mol. The van der Waals surface area contributed by atoms with Gasteiger partial charge in [-0.25, -0.2) is 0 Å². The molecule has 6 rings (SSSR count). The van der Waals surface area contributed by atoms with Crippen LogP contribution >= 0.6 is 0 Å². The van der Waals surface area contributed by atoms with Crippen LogP contribution in [0.3, 0.4) is 0 Å². The number of ether oxygens (including phenoxy) is 4. The highest BCUT2D eigenvalue weighted by atomic mass is 19.4. The van der Waals surface area contributed by atoms with Gasteiger partial charge in [-0.15, -0.1) is 0 Å². The summed E-state index contributed by atoms with van der Waals surface area (Å²) in [4.78, 5) is 0. The van der Waals surface area contributed by atoms with Crippen LogP contribution in [0.4, 0.5) is 49.1 Å². The normalized spacial score (nSPS) is 11.9. The SMILES string of the molecule is Nc1ccc(Oc2ccc(C(c3ccc(Oc4ccc(N)cc4)cc3Oc3ccc(N)cc3)(C(F)(F)F)C(F)(F)F)c(Oc3ccc(N)cc3)c2)cc1. The van der Waals surface area contributed by atoms with E-state index in [4.69, 9.17) is 41.9 Å². The molecule has 0 aliphatic carbocycles. The molecule has 0 radical (unpaired) electrons. The first kappa shape index (κ1) is 36.1. The molecule has 8 nitrogen and oxygen atoms in total. The fourth-order valence-electron chi connectivity index (χ4n) is 5.51. The molecule has 0 amide bonds. The van der Waals surface area contributed by atoms with Crippen LogP contribution in [0.5, 0.6) is 46.0 Å². The van der Waals surface area contributed by atoms with Gasteiger partial charge in [0, 0.05) is 46.0 Å². The van der Waals surface area contributed by atoms with Crippen LogP contribution in [0.15, 0.2) is 133 Å². The maximum absolute atomic E-state index is 15.8. The summed E-state index contributed by atoms with van der Waals surface area (Å²) in [6, 6.07) is 27.8. The van der Waals surface area contributed by atoms with Gasteiger partial charge in [0.1, 0.15) is 46.0 Å². The minimum atomic E-state index is -6.05. The van der Waals surface area contributed by atoms with Crippen LogP contribution in [0.25, 0.3) is 0 Å². The van der Waals surface area contributed by atoms with Crippen LogP contribution in [-0.4, -0.2) is 12.4 Å². The molecular formula is C39H30F6N4O4. The van der Waals surface area contributed by atoms with Crippen LogP contribution in [0, 0.1) is 0 Å². The molecule has 0 unspecified atom stereocenters. The van der Waals surface area contributed by atoms with Gasteiger partial charge in [0.05, 0.1) is 0 Å². The Morgan fingerprint density at radius 1 is 0.321 bits per heavy atom. The van der Waals surface area contributed by atoms with E-state index in [0.29, 0.717) is 23.5 Å². The molecule has 0 heterocycles. The van der Waals surface area contributed by atoms with E-state index in [1.807, 2.05) is 0 Å². The van der Waals surface area contributed by atoms with Gasteiger partial charge in [0.25, 0.3) is 0 Å². The smallest absolute Gasteiger partial charge is 0.411 e. The van der Waals surface area contributed by atoms with Gasteiger partial charge in [-0.3, -0.25) is 0 Å². The molecule has 0 spiro atoms. The summed E-state index contributed by atoms with van der Waals surface area (Å²) in [6.07, 6.45) is -12.1. The monoisotopic (exact) mass is 732 g/mol. The fraction of sp³-hybridized carbons (Fsp3) is 0.0769. The number of rotatable bonds is 10. The van der Waals surface area contributed by atoms with Gasteiger partial charge in [0.2, 0.25) is 5.41 Å². The fourth-order valence-corrected chi connectivity index (χ4v) is 5.51. The second-order valence-corrected chi connectivity index (χ2v) is 11.7. The molecule has 0 aliphatic heterocycles. The largest absolute Gasteiger partial charge is 0.457 e. The van der Waals surface area contributed by atoms with Gasteiger partial charge in [0.15, 0.2) is 0 Å². The molecule has 0 aliphatic rings. The molecule has 6 aromatic carbocycles. The van der Waals surface area contributed by atoms with Crippen molar-refractivity contribution in [3.05, 3.63) is 145 Å². The maximum Gasteiger partial charge on any atom is 0.411 e. The second kappa shape index (κ2) is 14.1. The lowest BCUT2D eigenvalue weighted by Crippen LogP contribution is -2.55. The summed E-state index contributed by atoms with van der Waals surface area (Å²) in [5, 5.41) is 0. The van der Waals surface area contributed by atoms with E-state index < -0.39 is 40.4 Å². The zero-order valence-electron chi connectivity index (χ0n) is 27.4. The number of nitrogen functional groups attached to an aromatic ring is 4. The van der Waals surface area contributed by atoms with Gasteiger partial charge in [-0.1, -0.05) is 12.1 Å². The quantitative estimate of drug-likeness (QED) is 0.0806. The Bertz CT molecular complexity index is 2030. The third-order valence-electron chi connectivity index (χ3n) is 8.01. The number of benzene rings is 6. The maximum atomic E-state index is 15.8. The van der Waals surface area contributed by atoms with Crippen molar-refractivity contribution in [2.45, 2.75) is 17.8 Å². The molecular weight excluding hydrogens is 702 g/mol. The van der Waals surface area contributed by atoms with Crippen LogP contribution in [-0.2, 0) is 5.41 Å². The first-order valence-corrected chi connectivity index (χ1v) is 15.7. The Hall–Kier alpha value is -6.70. The molecule has 0 fully saturated rings. The summed E-state index contributed by atoms with van der Waals surface area (Å²) in [5.41, 5.74) is 17.0. The number of anilines is 4. The molecule has 0 atom stereocenters. The third kappa shape index (κ3) is 7.66. The Balaban J connectivity index is 1.59. The number of halogens is 6. The first-order valence-electron chi connectivity index (χ1n) is 15.7. The molecule has 0 aromatic heterocycles. The molecule has 14 heteroatoms. The van der Waals surface area contributed by atoms with Crippen molar-refractivity contribution in [3.63, 3.8) is 0 Å². The average Bonchev–Trinajstić information content (AvgIpc) is 3.09. The van der Waals surface area contributed by atoms with E-state index in [-0.39, 0.29) is 45.9 Å². The number of hydrogen-bond acceptors (Lipinski definition) is 8. The van der Waals surface area contributed by atoms with E-state index in [1.165, 1.54) is 97.1 Å². The predicted octanol–water partition coefficient (Wildman–Crippen LogP) is 10.6. The van der Waals surface area contributed by atoms with Gasteiger partial charge < -0.3 is 41.9 Å². The van der Waals surface area contributed by atoms with Crippen molar-refractivity contribution in [3.8, 4) is 46.0 Å². The molecule has 0 saturated heterocycles. The molecule has 6 aromatic rings. The van der Waals surface area contributed by atoms with Crippen LogP contribution < -0.4 is 41.9 Å². The van der Waals surface area contributed by atoms with Crippen molar-refractivity contribution in [2.75, 3.05) is 22.9 Å². The van der Waals surface area contributed by atoms with Crippen molar-refractivity contribution < 1.29 is 45.3 Å². The summed E-state index contributed by atoms with van der Waals surface area (Å²) in [6.45, 7) is 0. The van der Waals surface area contributed by atoms with Crippen molar-refractivity contribution in [1.82, 2.24) is 0 Å². The lowest BCUT2D eigenvalue weighted by atomic mass is 9.72. The topological polar surface area (TPSA) is 141 Å². The highest BCUT2D eigenvalue weighted by Crippen LogP contribution is 2.61. The van der Waals surface area contributed by atoms with E-state index in [0.717, 1.165) is 24.3 Å². The van der Waals surface area contributed by atoms with Crippen LogP contribution in [0.2, 0.25) is 0 Å². The van der Waals surface area contributed by atoms with Crippen molar-refractivity contribution in [1.29, 1.82) is 0 Å². The minimum absolute atomic E-state index is 0.103. The zero-order chi connectivity index (χ0) is 38.0. The standard InChI is InChI=1S/C39H30F6N4O4/c40-38(41,42)37(39(43,44)45,33-19-17-31(50-27-9-1-23(46)2-10-27)21-35(33)52-29-13-5-25(48)6-14-29)34-20-18-32(51-28-11-3-24(47)4-12-28)22-36(34)53-30-15-7-26(49)8-16-30/h1-22H,46-49H2. The summed E-state index contributed by atoms with van der Waals surface area (Å²) < 4.78 is 118. The molecule has 53 heavy (non-hydrogen) atoms. The van der Waals surface area contributed by atoms with Gasteiger partial charge in [-0.05, 0) is 109 Å². The Morgan fingerprint density at radius 3 is 0.830 bits per heavy atom. The highest BCUT2D eigenvalue weighted by Gasteiger charge is 2.74. The van der Waals surface area contributed by atoms with Gasteiger partial charge in [-0.2, -0.15) is 26.3 Å². The van der Waals surface area contributed by atoms with Crippen LogP contribution in [0.1, 0.15) is 11.1 Å². The number of hydrogen-bond donors (Lipinski definition) is 4. The van der Waals surface area contributed by atoms with E-state index in [9.17, 15) is 0 Å². The van der Waals surface area contributed by atoms with E-state index in [1.54, 1.807) is 0 Å². The summed E-state index contributed by atoms with van der Waals surface area (Å²) in [7, 11) is 0. The molecule has 8 N–H and O–H groups in total. The third-order valence-corrected chi connectivity index (χ3v) is 8.01. The Morgan fingerprint density at radius 2 is 0.566 bits per heavy atom. The highest BCUT2D eigenvalue weighted by molar-refractivity contribution is 5.60. The zero-order valence-corrected chi connectivity index (χ0v) is 27.4. The van der Waals surface area contributed by atoms with E-state index in [2.05, 4.69) is 0 Å². The van der Waals surface area contributed by atoms with Crippen molar-refractivity contribution in [2.24, 2.45) is 0 Å². The number of nitrogens with two attached hydrogens (primary N) is 4.